The molecule has 0 aliphatic rings. The lowest BCUT2D eigenvalue weighted by atomic mass is 9.98. The number of hydrogen-bond donors (Lipinski definition) is 1. The number of carbonyl (C=O) groups is 1. The first-order chi connectivity index (χ1) is 7.43. The van der Waals surface area contributed by atoms with E-state index < -0.39 is 11.1 Å². The van der Waals surface area contributed by atoms with Gasteiger partial charge in [0.1, 0.15) is 6.61 Å². The summed E-state index contributed by atoms with van der Waals surface area (Å²) in [5.41, 5.74) is 1.79. The highest BCUT2D eigenvalue weighted by molar-refractivity contribution is 5.91. The molecule has 0 aromatic heterocycles. The van der Waals surface area contributed by atoms with Crippen molar-refractivity contribution in [3.8, 4) is 0 Å². The Bertz CT molecular complexity index is 441. The third-order valence-electron chi connectivity index (χ3n) is 2.32. The molecule has 0 heterocycles. The van der Waals surface area contributed by atoms with Gasteiger partial charge in [-0.25, -0.2) is 4.79 Å². The summed E-state index contributed by atoms with van der Waals surface area (Å²) in [4.78, 5) is 25.2. The first kappa shape index (κ1) is 12.0. The Balaban J connectivity index is 3.08. The van der Waals surface area contributed by atoms with Crippen molar-refractivity contribution in [1.29, 1.82) is 0 Å². The smallest absolute Gasteiger partial charge is 0.336 e. The number of carboxylic acids is 1. The van der Waals surface area contributed by atoms with Crippen LogP contribution in [0.5, 0.6) is 0 Å². The molecular weight excluding hydrogens is 214 g/mol. The first-order valence-corrected chi connectivity index (χ1v) is 4.53. The number of benzene rings is 1. The van der Waals surface area contributed by atoms with E-state index in [9.17, 15) is 14.9 Å². The minimum atomic E-state index is -1.04. The average Bonchev–Trinajstić information content (AvgIpc) is 2.15. The molecule has 1 aromatic rings. The Morgan fingerprint density at radius 2 is 2.12 bits per heavy atom. The van der Waals surface area contributed by atoms with E-state index in [1.54, 1.807) is 26.0 Å². The Morgan fingerprint density at radius 1 is 1.50 bits per heavy atom. The van der Waals surface area contributed by atoms with E-state index in [0.29, 0.717) is 16.7 Å². The van der Waals surface area contributed by atoms with Crippen LogP contribution < -0.4 is 0 Å². The van der Waals surface area contributed by atoms with Gasteiger partial charge in [0.25, 0.3) is 5.09 Å². The summed E-state index contributed by atoms with van der Waals surface area (Å²) < 4.78 is 0. The van der Waals surface area contributed by atoms with Crippen molar-refractivity contribution in [2.24, 2.45) is 0 Å². The van der Waals surface area contributed by atoms with E-state index >= 15 is 0 Å². The monoisotopic (exact) mass is 225 g/mol. The molecule has 0 saturated heterocycles. The molecule has 0 amide bonds. The number of aromatic carboxylic acids is 1. The third-order valence-corrected chi connectivity index (χ3v) is 2.32. The minimum absolute atomic E-state index is 0.171. The zero-order valence-corrected chi connectivity index (χ0v) is 8.89. The molecule has 1 rings (SSSR count). The van der Waals surface area contributed by atoms with Crippen molar-refractivity contribution in [1.82, 2.24) is 0 Å². The fraction of sp³-hybridized carbons (Fsp3) is 0.300. The van der Waals surface area contributed by atoms with Crippen LogP contribution in [0.3, 0.4) is 0 Å². The second-order valence-electron chi connectivity index (χ2n) is 3.34. The van der Waals surface area contributed by atoms with Crippen LogP contribution >= 0.6 is 0 Å². The lowest BCUT2D eigenvalue weighted by Gasteiger charge is -2.10. The largest absolute Gasteiger partial charge is 0.478 e. The van der Waals surface area contributed by atoms with Crippen LogP contribution in [0.25, 0.3) is 0 Å². The molecular formula is C10H11NO5. The highest BCUT2D eigenvalue weighted by Gasteiger charge is 2.14. The van der Waals surface area contributed by atoms with Crippen LogP contribution in [-0.4, -0.2) is 16.2 Å². The van der Waals surface area contributed by atoms with E-state index in [1.165, 1.54) is 0 Å². The second kappa shape index (κ2) is 4.61. The van der Waals surface area contributed by atoms with E-state index in [4.69, 9.17) is 5.11 Å². The standard InChI is InChI=1S/C10H11NO5/c1-6-3-4-8(5-16-11(14)15)7(2)9(6)10(12)13/h3-4H,5H2,1-2H3,(H,12,13). The third kappa shape index (κ3) is 2.47. The summed E-state index contributed by atoms with van der Waals surface area (Å²) in [6.45, 7) is 3.04. The van der Waals surface area contributed by atoms with Gasteiger partial charge in [-0.1, -0.05) is 12.1 Å². The zero-order chi connectivity index (χ0) is 12.3. The van der Waals surface area contributed by atoms with Crippen molar-refractivity contribution in [2.75, 3.05) is 0 Å². The van der Waals surface area contributed by atoms with Crippen LogP contribution in [0.2, 0.25) is 0 Å². The SMILES string of the molecule is Cc1ccc(CO[N+](=O)[O-])c(C)c1C(=O)O. The molecule has 0 saturated carbocycles. The predicted octanol–water partition coefficient (Wildman–Crippen LogP) is 1.71. The first-order valence-electron chi connectivity index (χ1n) is 4.53. The van der Waals surface area contributed by atoms with Crippen molar-refractivity contribution >= 4 is 5.97 Å². The molecule has 1 N–H and O–H groups in total. The van der Waals surface area contributed by atoms with E-state index in [0.717, 1.165) is 0 Å². The van der Waals surface area contributed by atoms with Gasteiger partial charge in [-0.05, 0) is 30.5 Å². The number of nitrogens with zero attached hydrogens (tertiary/aromatic N) is 1. The quantitative estimate of drug-likeness (QED) is 0.622. The highest BCUT2D eigenvalue weighted by atomic mass is 16.9. The minimum Gasteiger partial charge on any atom is -0.478 e. The van der Waals surface area contributed by atoms with Crippen LogP contribution in [0, 0.1) is 24.0 Å². The molecule has 1 aromatic carbocycles. The van der Waals surface area contributed by atoms with Crippen molar-refractivity contribution < 1.29 is 19.8 Å². The van der Waals surface area contributed by atoms with Gasteiger partial charge >= 0.3 is 5.97 Å². The summed E-state index contributed by atoms with van der Waals surface area (Å²) in [5, 5.41) is 18.1. The second-order valence-corrected chi connectivity index (χ2v) is 3.34. The molecule has 6 nitrogen and oxygen atoms in total. The predicted molar refractivity (Wildman–Crippen MR) is 54.7 cm³/mol. The maximum atomic E-state index is 11.0. The number of carboxylic acid groups (broad SMARTS) is 1. The normalized spacial score (nSPS) is 9.88. The average molecular weight is 225 g/mol. The summed E-state index contributed by atoms with van der Waals surface area (Å²) in [5.74, 6) is -1.04. The Labute approximate surface area is 91.6 Å². The van der Waals surface area contributed by atoms with Crippen molar-refractivity contribution in [2.45, 2.75) is 20.5 Å². The Morgan fingerprint density at radius 3 is 2.62 bits per heavy atom. The zero-order valence-electron chi connectivity index (χ0n) is 8.89. The number of rotatable bonds is 4. The van der Waals surface area contributed by atoms with Crippen LogP contribution in [0.4, 0.5) is 0 Å². The molecule has 0 aliphatic heterocycles. The van der Waals surface area contributed by atoms with E-state index in [2.05, 4.69) is 4.84 Å². The molecule has 0 radical (unpaired) electrons. The van der Waals surface area contributed by atoms with Gasteiger partial charge in [-0.3, -0.25) is 0 Å². The highest BCUT2D eigenvalue weighted by Crippen LogP contribution is 2.19. The molecule has 0 unspecified atom stereocenters. The number of aryl methyl sites for hydroxylation is 1. The molecule has 6 heteroatoms. The van der Waals surface area contributed by atoms with Crippen LogP contribution in [0.1, 0.15) is 27.0 Å². The van der Waals surface area contributed by atoms with Gasteiger partial charge in [0.15, 0.2) is 0 Å². The summed E-state index contributed by atoms with van der Waals surface area (Å²) in [6, 6.07) is 3.23. The summed E-state index contributed by atoms with van der Waals surface area (Å²) >= 11 is 0. The van der Waals surface area contributed by atoms with Gasteiger partial charge in [0.05, 0.1) is 5.56 Å². The van der Waals surface area contributed by atoms with Gasteiger partial charge in [0, 0.05) is 0 Å². The van der Waals surface area contributed by atoms with E-state index in [-0.39, 0.29) is 12.2 Å². The molecule has 86 valence electrons. The molecule has 0 bridgehead atoms. The topological polar surface area (TPSA) is 89.7 Å². The molecule has 0 fully saturated rings. The fourth-order valence-electron chi connectivity index (χ4n) is 1.50. The number of hydrogen-bond acceptors (Lipinski definition) is 4. The lowest BCUT2D eigenvalue weighted by Crippen LogP contribution is -2.08. The van der Waals surface area contributed by atoms with Crippen molar-refractivity contribution in [3.05, 3.63) is 44.5 Å². The molecule has 0 atom stereocenters. The molecule has 0 spiro atoms. The van der Waals surface area contributed by atoms with Crippen molar-refractivity contribution in [3.63, 3.8) is 0 Å². The van der Waals surface area contributed by atoms with E-state index in [1.807, 2.05) is 0 Å². The van der Waals surface area contributed by atoms with Gasteiger partial charge in [-0.15, -0.1) is 10.1 Å². The molecule has 0 aliphatic carbocycles. The Kier molecular flexibility index (Phi) is 3.44. The van der Waals surface area contributed by atoms with Gasteiger partial charge < -0.3 is 9.94 Å². The Hall–Kier alpha value is -2.11. The lowest BCUT2D eigenvalue weighted by molar-refractivity contribution is -0.763. The van der Waals surface area contributed by atoms with Gasteiger partial charge in [0.2, 0.25) is 0 Å². The van der Waals surface area contributed by atoms with Gasteiger partial charge in [-0.2, -0.15) is 0 Å². The maximum Gasteiger partial charge on any atom is 0.336 e. The molecule has 16 heavy (non-hydrogen) atoms. The summed E-state index contributed by atoms with van der Waals surface area (Å²) in [6.07, 6.45) is 0. The van der Waals surface area contributed by atoms with Crippen LogP contribution in [-0.2, 0) is 11.4 Å². The summed E-state index contributed by atoms with van der Waals surface area (Å²) in [7, 11) is 0. The van der Waals surface area contributed by atoms with Crippen LogP contribution in [0.15, 0.2) is 12.1 Å². The maximum absolute atomic E-state index is 11.0. The fourth-order valence-corrected chi connectivity index (χ4v) is 1.50.